The Morgan fingerprint density at radius 2 is 2.25 bits per heavy atom. The second-order valence-electron chi connectivity index (χ2n) is 4.56. The van der Waals surface area contributed by atoms with Crippen LogP contribution in [-0.4, -0.2) is 30.4 Å². The summed E-state index contributed by atoms with van der Waals surface area (Å²) < 4.78 is 0. The topological polar surface area (TPSA) is 46.3 Å². The molecule has 0 aromatic heterocycles. The van der Waals surface area contributed by atoms with Gasteiger partial charge in [-0.05, 0) is 31.6 Å². The van der Waals surface area contributed by atoms with E-state index < -0.39 is 0 Å². The van der Waals surface area contributed by atoms with E-state index in [1.54, 1.807) is 0 Å². The van der Waals surface area contributed by atoms with Crippen molar-refractivity contribution in [1.82, 2.24) is 4.90 Å². The fourth-order valence-electron chi connectivity index (χ4n) is 2.01. The van der Waals surface area contributed by atoms with Gasteiger partial charge < -0.3 is 10.6 Å². The third-order valence-electron chi connectivity index (χ3n) is 3.26. The molecule has 1 saturated carbocycles. The normalized spacial score (nSPS) is 16.6. The standard InChI is InChI=1S/C13H22N2O/c1-3-4-5-6-7-13(16)15(2)12(10-14)11-8-9-11/h1,11-12H,4-10,14H2,2H3. The van der Waals surface area contributed by atoms with Crippen molar-refractivity contribution in [3.8, 4) is 12.3 Å². The van der Waals surface area contributed by atoms with Gasteiger partial charge in [0.1, 0.15) is 0 Å². The fraction of sp³-hybridized carbons (Fsp3) is 0.769. The number of hydrogen-bond acceptors (Lipinski definition) is 2. The molecule has 1 rings (SSSR count). The van der Waals surface area contributed by atoms with Gasteiger partial charge in [-0.2, -0.15) is 0 Å². The lowest BCUT2D eigenvalue weighted by Crippen LogP contribution is -2.43. The Hall–Kier alpha value is -1.01. The Kier molecular flexibility index (Phi) is 5.34. The van der Waals surface area contributed by atoms with Crippen LogP contribution in [0.4, 0.5) is 0 Å². The smallest absolute Gasteiger partial charge is 0.222 e. The van der Waals surface area contributed by atoms with Crippen molar-refractivity contribution in [3.63, 3.8) is 0 Å². The summed E-state index contributed by atoms with van der Waals surface area (Å²) in [7, 11) is 1.87. The van der Waals surface area contributed by atoms with E-state index in [1.807, 2.05) is 11.9 Å². The maximum Gasteiger partial charge on any atom is 0.222 e. The first-order valence-corrected chi connectivity index (χ1v) is 6.10. The zero-order valence-electron chi connectivity index (χ0n) is 10.1. The Morgan fingerprint density at radius 3 is 2.75 bits per heavy atom. The second-order valence-corrected chi connectivity index (χ2v) is 4.56. The van der Waals surface area contributed by atoms with Crippen LogP contribution >= 0.6 is 0 Å². The predicted molar refractivity (Wildman–Crippen MR) is 65.6 cm³/mol. The quantitative estimate of drug-likeness (QED) is 0.522. The summed E-state index contributed by atoms with van der Waals surface area (Å²) in [5, 5.41) is 0. The van der Waals surface area contributed by atoms with Gasteiger partial charge in [-0.3, -0.25) is 4.79 Å². The van der Waals surface area contributed by atoms with Gasteiger partial charge in [0.05, 0.1) is 0 Å². The molecule has 0 aliphatic heterocycles. The van der Waals surface area contributed by atoms with Crippen molar-refractivity contribution >= 4 is 5.91 Å². The van der Waals surface area contributed by atoms with Crippen molar-refractivity contribution < 1.29 is 4.79 Å². The van der Waals surface area contributed by atoms with Gasteiger partial charge in [-0.15, -0.1) is 12.3 Å². The first-order valence-electron chi connectivity index (χ1n) is 6.10. The number of likely N-dealkylation sites (N-methyl/N-ethyl adjacent to an activating group) is 1. The van der Waals surface area contributed by atoms with Crippen molar-refractivity contribution in [2.75, 3.05) is 13.6 Å². The van der Waals surface area contributed by atoms with E-state index in [0.29, 0.717) is 18.9 Å². The molecule has 1 fully saturated rings. The van der Waals surface area contributed by atoms with E-state index in [1.165, 1.54) is 12.8 Å². The third-order valence-corrected chi connectivity index (χ3v) is 3.26. The summed E-state index contributed by atoms with van der Waals surface area (Å²) in [5.41, 5.74) is 5.71. The minimum absolute atomic E-state index is 0.208. The number of nitrogens with two attached hydrogens (primary N) is 1. The molecule has 0 radical (unpaired) electrons. The molecule has 1 amide bonds. The number of unbranched alkanes of at least 4 members (excludes halogenated alkanes) is 2. The van der Waals surface area contributed by atoms with E-state index in [2.05, 4.69) is 5.92 Å². The third kappa shape index (κ3) is 3.86. The van der Waals surface area contributed by atoms with Crippen LogP contribution in [0.3, 0.4) is 0 Å². The van der Waals surface area contributed by atoms with E-state index >= 15 is 0 Å². The lowest BCUT2D eigenvalue weighted by molar-refractivity contribution is -0.132. The molecule has 0 spiro atoms. The largest absolute Gasteiger partial charge is 0.341 e. The molecule has 90 valence electrons. The highest BCUT2D eigenvalue weighted by Gasteiger charge is 2.34. The Balaban J connectivity index is 2.26. The van der Waals surface area contributed by atoms with Crippen LogP contribution in [-0.2, 0) is 4.79 Å². The van der Waals surface area contributed by atoms with Gasteiger partial charge in [-0.1, -0.05) is 0 Å². The molecule has 1 aliphatic rings. The summed E-state index contributed by atoms with van der Waals surface area (Å²) in [4.78, 5) is 13.7. The number of amides is 1. The highest BCUT2D eigenvalue weighted by Crippen LogP contribution is 2.34. The molecule has 2 N–H and O–H groups in total. The molecule has 16 heavy (non-hydrogen) atoms. The Labute approximate surface area is 98.4 Å². The van der Waals surface area contributed by atoms with E-state index in [9.17, 15) is 4.79 Å². The summed E-state index contributed by atoms with van der Waals surface area (Å²) in [6.45, 7) is 0.581. The average molecular weight is 222 g/mol. The number of rotatable bonds is 7. The summed E-state index contributed by atoms with van der Waals surface area (Å²) >= 11 is 0. The van der Waals surface area contributed by atoms with Crippen LogP contribution in [0.1, 0.15) is 38.5 Å². The molecule has 0 aromatic rings. The van der Waals surface area contributed by atoms with E-state index in [0.717, 1.165) is 19.3 Å². The molecule has 1 aliphatic carbocycles. The number of carbonyl (C=O) groups is 1. The van der Waals surface area contributed by atoms with Gasteiger partial charge in [0.2, 0.25) is 5.91 Å². The molecule has 0 aromatic carbocycles. The predicted octanol–water partition coefficient (Wildman–Crippen LogP) is 1.38. The molecule has 3 heteroatoms. The second kappa shape index (κ2) is 6.55. The number of nitrogens with zero attached hydrogens (tertiary/aromatic N) is 1. The fourth-order valence-corrected chi connectivity index (χ4v) is 2.01. The van der Waals surface area contributed by atoms with Crippen LogP contribution in [0, 0.1) is 18.3 Å². The van der Waals surface area contributed by atoms with Crippen LogP contribution in [0.2, 0.25) is 0 Å². The zero-order valence-corrected chi connectivity index (χ0v) is 10.1. The monoisotopic (exact) mass is 222 g/mol. The van der Waals surface area contributed by atoms with Crippen LogP contribution in [0.25, 0.3) is 0 Å². The minimum atomic E-state index is 0.208. The van der Waals surface area contributed by atoms with Crippen molar-refractivity contribution in [2.45, 2.75) is 44.6 Å². The summed E-state index contributed by atoms with van der Waals surface area (Å²) in [6.07, 6.45) is 10.8. The molecule has 3 nitrogen and oxygen atoms in total. The highest BCUT2D eigenvalue weighted by molar-refractivity contribution is 5.76. The van der Waals surface area contributed by atoms with E-state index in [4.69, 9.17) is 12.2 Å². The highest BCUT2D eigenvalue weighted by atomic mass is 16.2. The van der Waals surface area contributed by atoms with Gasteiger partial charge in [-0.25, -0.2) is 0 Å². The van der Waals surface area contributed by atoms with Gasteiger partial charge in [0.25, 0.3) is 0 Å². The molecule has 1 atom stereocenters. The molecular formula is C13H22N2O. The van der Waals surface area contributed by atoms with Crippen LogP contribution in [0.5, 0.6) is 0 Å². The zero-order chi connectivity index (χ0) is 12.0. The first kappa shape index (κ1) is 13.1. The van der Waals surface area contributed by atoms with Crippen molar-refractivity contribution in [3.05, 3.63) is 0 Å². The molecule has 0 saturated heterocycles. The first-order chi connectivity index (χ1) is 7.70. The number of carbonyl (C=O) groups excluding carboxylic acids is 1. The maximum absolute atomic E-state index is 11.9. The Bertz CT molecular complexity index is 266. The lowest BCUT2D eigenvalue weighted by Gasteiger charge is -2.27. The van der Waals surface area contributed by atoms with Crippen LogP contribution < -0.4 is 5.73 Å². The Morgan fingerprint density at radius 1 is 1.56 bits per heavy atom. The number of hydrogen-bond donors (Lipinski definition) is 1. The maximum atomic E-state index is 11.9. The summed E-state index contributed by atoms with van der Waals surface area (Å²) in [6, 6.07) is 0.250. The van der Waals surface area contributed by atoms with Gasteiger partial charge in [0.15, 0.2) is 0 Å². The molecule has 1 unspecified atom stereocenters. The average Bonchev–Trinajstić information content (AvgIpc) is 3.09. The summed E-state index contributed by atoms with van der Waals surface area (Å²) in [5.74, 6) is 3.44. The van der Waals surface area contributed by atoms with Crippen molar-refractivity contribution in [2.24, 2.45) is 11.7 Å². The number of terminal acetylenes is 1. The minimum Gasteiger partial charge on any atom is -0.341 e. The van der Waals surface area contributed by atoms with Crippen molar-refractivity contribution in [1.29, 1.82) is 0 Å². The van der Waals surface area contributed by atoms with Gasteiger partial charge in [0, 0.05) is 32.5 Å². The van der Waals surface area contributed by atoms with Crippen LogP contribution in [0.15, 0.2) is 0 Å². The molecular weight excluding hydrogens is 200 g/mol. The van der Waals surface area contributed by atoms with Gasteiger partial charge >= 0.3 is 0 Å². The SMILES string of the molecule is C#CCCCCC(=O)N(C)C(CN)C1CC1. The molecule has 0 heterocycles. The molecule has 0 bridgehead atoms. The van der Waals surface area contributed by atoms with E-state index in [-0.39, 0.29) is 11.9 Å². The lowest BCUT2D eigenvalue weighted by atomic mass is 10.1.